The molecule has 0 unspecified atom stereocenters. The number of nitrogens with one attached hydrogen (secondary N) is 2. The number of rotatable bonds is 7. The zero-order valence-corrected chi connectivity index (χ0v) is 15.6. The molecule has 28 heavy (non-hydrogen) atoms. The SMILES string of the molecule is COc1ccccc1[C@@H](C)NC(=O)Cn1cc(NC(=O)c2ccccn2)cn1. The Morgan fingerprint density at radius 2 is 1.96 bits per heavy atom. The number of aromatic nitrogens is 3. The lowest BCUT2D eigenvalue weighted by atomic mass is 10.1. The lowest BCUT2D eigenvalue weighted by Crippen LogP contribution is -2.30. The molecule has 0 aliphatic carbocycles. The van der Waals surface area contributed by atoms with E-state index in [2.05, 4.69) is 20.7 Å². The first-order valence-electron chi connectivity index (χ1n) is 8.74. The molecule has 0 bridgehead atoms. The first-order chi connectivity index (χ1) is 13.6. The maximum Gasteiger partial charge on any atom is 0.274 e. The number of nitrogens with zero attached hydrogens (tertiary/aromatic N) is 3. The molecule has 0 saturated heterocycles. The Kier molecular flexibility index (Phi) is 6.01. The predicted octanol–water partition coefficient (Wildman–Crippen LogP) is 2.42. The van der Waals surface area contributed by atoms with Gasteiger partial charge in [-0.05, 0) is 25.1 Å². The molecule has 0 fully saturated rings. The van der Waals surface area contributed by atoms with E-state index in [1.807, 2.05) is 31.2 Å². The molecule has 1 atom stereocenters. The highest BCUT2D eigenvalue weighted by Gasteiger charge is 2.15. The fourth-order valence-corrected chi connectivity index (χ4v) is 2.74. The molecule has 0 aliphatic rings. The van der Waals surface area contributed by atoms with Crippen LogP contribution in [0, 0.1) is 0 Å². The fourth-order valence-electron chi connectivity index (χ4n) is 2.74. The number of hydrogen-bond donors (Lipinski definition) is 2. The molecule has 2 N–H and O–H groups in total. The van der Waals surface area contributed by atoms with E-state index in [-0.39, 0.29) is 24.4 Å². The summed E-state index contributed by atoms with van der Waals surface area (Å²) in [5, 5.41) is 9.73. The highest BCUT2D eigenvalue weighted by molar-refractivity contribution is 6.02. The second kappa shape index (κ2) is 8.81. The van der Waals surface area contributed by atoms with Gasteiger partial charge in [-0.1, -0.05) is 24.3 Å². The molecule has 3 aromatic rings. The largest absolute Gasteiger partial charge is 0.496 e. The Morgan fingerprint density at radius 1 is 1.18 bits per heavy atom. The van der Waals surface area contributed by atoms with Crippen molar-refractivity contribution in [3.8, 4) is 5.75 Å². The molecule has 1 aromatic carbocycles. The highest BCUT2D eigenvalue weighted by atomic mass is 16.5. The van der Waals surface area contributed by atoms with Crippen molar-refractivity contribution in [2.45, 2.75) is 19.5 Å². The van der Waals surface area contributed by atoms with Gasteiger partial charge in [-0.25, -0.2) is 0 Å². The van der Waals surface area contributed by atoms with Crippen LogP contribution in [0.1, 0.15) is 29.0 Å². The van der Waals surface area contributed by atoms with Crippen molar-refractivity contribution in [3.05, 3.63) is 72.3 Å². The first-order valence-corrected chi connectivity index (χ1v) is 8.74. The van der Waals surface area contributed by atoms with Gasteiger partial charge in [0.25, 0.3) is 5.91 Å². The number of amides is 2. The minimum atomic E-state index is -0.339. The minimum absolute atomic E-state index is 0.0267. The van der Waals surface area contributed by atoms with Crippen LogP contribution in [-0.2, 0) is 11.3 Å². The summed E-state index contributed by atoms with van der Waals surface area (Å²) >= 11 is 0. The van der Waals surface area contributed by atoms with E-state index in [9.17, 15) is 9.59 Å². The molecule has 0 aliphatic heterocycles. The van der Waals surface area contributed by atoms with Crippen LogP contribution in [0.15, 0.2) is 61.1 Å². The van der Waals surface area contributed by atoms with Crippen LogP contribution in [0.2, 0.25) is 0 Å². The molecule has 2 aromatic heterocycles. The second-order valence-electron chi connectivity index (χ2n) is 6.13. The van der Waals surface area contributed by atoms with E-state index in [1.54, 1.807) is 37.7 Å². The van der Waals surface area contributed by atoms with Crippen LogP contribution in [0.5, 0.6) is 5.75 Å². The molecule has 2 amide bonds. The average Bonchev–Trinajstić information content (AvgIpc) is 3.14. The van der Waals surface area contributed by atoms with Crippen molar-refractivity contribution >= 4 is 17.5 Å². The van der Waals surface area contributed by atoms with E-state index in [4.69, 9.17) is 4.74 Å². The Morgan fingerprint density at radius 3 is 2.71 bits per heavy atom. The molecule has 3 rings (SSSR count). The van der Waals surface area contributed by atoms with Crippen LogP contribution >= 0.6 is 0 Å². The van der Waals surface area contributed by atoms with Gasteiger partial charge in [0.2, 0.25) is 5.91 Å². The summed E-state index contributed by atoms with van der Waals surface area (Å²) in [6.07, 6.45) is 4.62. The predicted molar refractivity (Wildman–Crippen MR) is 104 cm³/mol. The molecule has 0 saturated carbocycles. The van der Waals surface area contributed by atoms with Crippen molar-refractivity contribution < 1.29 is 14.3 Å². The number of hydrogen-bond acceptors (Lipinski definition) is 5. The Labute approximate surface area is 162 Å². The summed E-state index contributed by atoms with van der Waals surface area (Å²) in [5.74, 6) is 0.174. The summed E-state index contributed by atoms with van der Waals surface area (Å²) < 4.78 is 6.79. The maximum absolute atomic E-state index is 12.3. The molecule has 144 valence electrons. The van der Waals surface area contributed by atoms with Gasteiger partial charge in [-0.3, -0.25) is 19.3 Å². The standard InChI is InChI=1S/C20H21N5O3/c1-14(16-7-3-4-9-18(16)28-2)23-19(26)13-25-12-15(11-22-25)24-20(27)17-8-5-6-10-21-17/h3-12,14H,13H2,1-2H3,(H,23,26)(H,24,27)/t14-/m1/s1. The van der Waals surface area contributed by atoms with Crippen LogP contribution in [0.3, 0.4) is 0 Å². The van der Waals surface area contributed by atoms with Crippen molar-refractivity contribution in [1.29, 1.82) is 0 Å². The van der Waals surface area contributed by atoms with Crippen LogP contribution in [-0.4, -0.2) is 33.7 Å². The third kappa shape index (κ3) is 4.73. The van der Waals surface area contributed by atoms with Crippen LogP contribution in [0.25, 0.3) is 0 Å². The van der Waals surface area contributed by atoms with Gasteiger partial charge < -0.3 is 15.4 Å². The van der Waals surface area contributed by atoms with Crippen molar-refractivity contribution in [1.82, 2.24) is 20.1 Å². The minimum Gasteiger partial charge on any atom is -0.496 e. The van der Waals surface area contributed by atoms with Gasteiger partial charge in [0.1, 0.15) is 18.0 Å². The smallest absolute Gasteiger partial charge is 0.274 e. The van der Waals surface area contributed by atoms with Gasteiger partial charge in [0.15, 0.2) is 0 Å². The summed E-state index contributed by atoms with van der Waals surface area (Å²) in [7, 11) is 1.60. The summed E-state index contributed by atoms with van der Waals surface area (Å²) in [6.45, 7) is 1.91. The normalized spacial score (nSPS) is 11.5. The number of anilines is 1. The zero-order valence-electron chi connectivity index (χ0n) is 15.6. The number of carbonyl (C=O) groups is 2. The van der Waals surface area contributed by atoms with E-state index < -0.39 is 0 Å². The fraction of sp³-hybridized carbons (Fsp3) is 0.200. The lowest BCUT2D eigenvalue weighted by molar-refractivity contribution is -0.122. The van der Waals surface area contributed by atoms with E-state index in [0.29, 0.717) is 17.1 Å². The Balaban J connectivity index is 1.57. The number of methoxy groups -OCH3 is 1. The molecular formula is C20H21N5O3. The summed E-state index contributed by atoms with van der Waals surface area (Å²) in [4.78, 5) is 28.4. The third-order valence-electron chi connectivity index (χ3n) is 4.08. The van der Waals surface area contributed by atoms with Crippen LogP contribution < -0.4 is 15.4 Å². The number of ether oxygens (including phenoxy) is 1. The first kappa shape index (κ1) is 19.1. The van der Waals surface area contributed by atoms with Crippen molar-refractivity contribution in [2.75, 3.05) is 12.4 Å². The van der Waals surface area contributed by atoms with Gasteiger partial charge >= 0.3 is 0 Å². The number of pyridine rings is 1. The lowest BCUT2D eigenvalue weighted by Gasteiger charge is -2.17. The quantitative estimate of drug-likeness (QED) is 0.657. The maximum atomic E-state index is 12.3. The number of carbonyl (C=O) groups excluding carboxylic acids is 2. The van der Waals surface area contributed by atoms with E-state index >= 15 is 0 Å². The monoisotopic (exact) mass is 379 g/mol. The Bertz CT molecular complexity index is 955. The third-order valence-corrected chi connectivity index (χ3v) is 4.08. The highest BCUT2D eigenvalue weighted by Crippen LogP contribution is 2.24. The van der Waals surface area contributed by atoms with Gasteiger partial charge in [-0.2, -0.15) is 5.10 Å². The van der Waals surface area contributed by atoms with Gasteiger partial charge in [0, 0.05) is 18.0 Å². The molecule has 0 radical (unpaired) electrons. The average molecular weight is 379 g/mol. The number of benzene rings is 1. The second-order valence-corrected chi connectivity index (χ2v) is 6.13. The zero-order chi connectivity index (χ0) is 19.9. The topological polar surface area (TPSA) is 98.1 Å². The van der Waals surface area contributed by atoms with E-state index in [0.717, 1.165) is 5.56 Å². The van der Waals surface area contributed by atoms with Gasteiger partial charge in [-0.15, -0.1) is 0 Å². The molecular weight excluding hydrogens is 358 g/mol. The summed E-state index contributed by atoms with van der Waals surface area (Å²) in [5.41, 5.74) is 1.68. The molecule has 8 nitrogen and oxygen atoms in total. The van der Waals surface area contributed by atoms with Crippen molar-refractivity contribution in [3.63, 3.8) is 0 Å². The summed E-state index contributed by atoms with van der Waals surface area (Å²) in [6, 6.07) is 12.4. The molecule has 2 heterocycles. The van der Waals surface area contributed by atoms with Crippen molar-refractivity contribution in [2.24, 2.45) is 0 Å². The molecule has 0 spiro atoms. The Hall–Kier alpha value is -3.68. The number of para-hydroxylation sites is 1. The van der Waals surface area contributed by atoms with Crippen LogP contribution in [0.4, 0.5) is 5.69 Å². The van der Waals surface area contributed by atoms with E-state index in [1.165, 1.54) is 10.9 Å². The van der Waals surface area contributed by atoms with Gasteiger partial charge in [0.05, 0.1) is 25.0 Å². The molecule has 8 heteroatoms.